The van der Waals surface area contributed by atoms with Crippen LogP contribution in [0, 0.1) is 11.3 Å². The van der Waals surface area contributed by atoms with E-state index in [-0.39, 0.29) is 17.1 Å². The van der Waals surface area contributed by atoms with Crippen molar-refractivity contribution < 1.29 is 13.2 Å². The first-order valence-corrected chi connectivity index (χ1v) is 11.2. The Morgan fingerprint density at radius 2 is 1.96 bits per heavy atom. The van der Waals surface area contributed by atoms with Crippen molar-refractivity contribution in [1.29, 1.82) is 0 Å². The third kappa shape index (κ3) is 3.78. The van der Waals surface area contributed by atoms with Crippen molar-refractivity contribution in [3.05, 3.63) is 23.2 Å². The molecule has 0 aromatic heterocycles. The zero-order valence-corrected chi connectivity index (χ0v) is 17.0. The maximum atomic E-state index is 12.7. The fraction of sp³-hybridized carbons (Fsp3) is 0.611. The highest BCUT2D eigenvalue weighted by molar-refractivity contribution is 7.92. The number of rotatable bonds is 4. The molecule has 2 fully saturated rings. The highest BCUT2D eigenvalue weighted by atomic mass is 35.5. The van der Waals surface area contributed by atoms with Gasteiger partial charge in [0.15, 0.2) is 0 Å². The molecular formula is C18H26ClN3O3S. The van der Waals surface area contributed by atoms with E-state index in [9.17, 15) is 13.2 Å². The average molecular weight is 400 g/mol. The van der Waals surface area contributed by atoms with Crippen LogP contribution in [-0.4, -0.2) is 38.2 Å². The fourth-order valence-electron chi connectivity index (χ4n) is 4.62. The Labute approximate surface area is 160 Å². The second-order valence-electron chi connectivity index (χ2n) is 7.89. The first kappa shape index (κ1) is 19.3. The number of urea groups is 1. The second-order valence-corrected chi connectivity index (χ2v) is 10.0. The third-order valence-corrected chi connectivity index (χ3v) is 6.36. The van der Waals surface area contributed by atoms with Gasteiger partial charge in [0.25, 0.3) is 0 Å². The molecule has 2 N–H and O–H groups in total. The van der Waals surface area contributed by atoms with Gasteiger partial charge in [0.05, 0.1) is 17.0 Å². The molecule has 1 atom stereocenters. The summed E-state index contributed by atoms with van der Waals surface area (Å²) in [5.74, 6) is 0.414. The average Bonchev–Trinajstić information content (AvgIpc) is 2.97. The fourth-order valence-corrected chi connectivity index (χ4v) is 5.48. The van der Waals surface area contributed by atoms with Crippen molar-refractivity contribution >= 4 is 39.0 Å². The molecule has 1 aliphatic heterocycles. The number of nitrogens with one attached hydrogen (secondary N) is 2. The van der Waals surface area contributed by atoms with Crippen LogP contribution in [-0.2, 0) is 10.0 Å². The van der Waals surface area contributed by atoms with Gasteiger partial charge in [-0.1, -0.05) is 38.3 Å². The standard InChI is InChI=1S/C18H26ClN3O3S/c1-12(2)16-18(8-4-5-9-18)11-22(16)17(23)20-13-6-7-15(14(19)10-13)21-26(3,24)25/h6-7,10,12,16,21H,4-5,8-9,11H2,1-3H3,(H,20,23)/t16-/m0/s1. The Balaban J connectivity index is 1.69. The van der Waals surface area contributed by atoms with Crippen LogP contribution in [0.2, 0.25) is 5.02 Å². The van der Waals surface area contributed by atoms with Crippen LogP contribution >= 0.6 is 11.6 Å². The van der Waals surface area contributed by atoms with E-state index in [0.29, 0.717) is 22.7 Å². The lowest BCUT2D eigenvalue weighted by atomic mass is 9.66. The molecule has 1 heterocycles. The van der Waals surface area contributed by atoms with Gasteiger partial charge in [-0.2, -0.15) is 0 Å². The highest BCUT2D eigenvalue weighted by Gasteiger charge is 2.56. The van der Waals surface area contributed by atoms with Crippen molar-refractivity contribution in [1.82, 2.24) is 4.90 Å². The zero-order valence-electron chi connectivity index (χ0n) is 15.4. The number of likely N-dealkylation sites (tertiary alicyclic amines) is 1. The van der Waals surface area contributed by atoms with Gasteiger partial charge in [-0.05, 0) is 37.0 Å². The summed E-state index contributed by atoms with van der Waals surface area (Å²) < 4.78 is 25.0. The number of hydrogen-bond acceptors (Lipinski definition) is 3. The topological polar surface area (TPSA) is 78.5 Å². The predicted molar refractivity (Wildman–Crippen MR) is 105 cm³/mol. The minimum Gasteiger partial charge on any atom is -0.320 e. The molecule has 26 heavy (non-hydrogen) atoms. The number of carbonyl (C=O) groups excluding carboxylic acids is 1. The molecule has 3 rings (SSSR count). The minimum atomic E-state index is -3.40. The van der Waals surface area contributed by atoms with Crippen LogP contribution in [0.4, 0.5) is 16.2 Å². The molecule has 144 valence electrons. The Bertz CT molecular complexity index is 804. The third-order valence-electron chi connectivity index (χ3n) is 5.46. The van der Waals surface area contributed by atoms with Gasteiger partial charge in [0.2, 0.25) is 10.0 Å². The van der Waals surface area contributed by atoms with Crippen molar-refractivity contribution in [2.24, 2.45) is 11.3 Å². The lowest BCUT2D eigenvalue weighted by Gasteiger charge is -2.58. The number of anilines is 2. The van der Waals surface area contributed by atoms with Crippen molar-refractivity contribution in [3.8, 4) is 0 Å². The van der Waals surface area contributed by atoms with Crippen molar-refractivity contribution in [2.45, 2.75) is 45.6 Å². The zero-order chi connectivity index (χ0) is 19.1. The molecule has 2 amide bonds. The van der Waals surface area contributed by atoms with Crippen molar-refractivity contribution in [2.75, 3.05) is 22.8 Å². The van der Waals surface area contributed by atoms with Gasteiger partial charge < -0.3 is 10.2 Å². The molecule has 1 aromatic rings. The highest BCUT2D eigenvalue weighted by Crippen LogP contribution is 2.53. The summed E-state index contributed by atoms with van der Waals surface area (Å²) in [6, 6.07) is 4.90. The number of hydrogen-bond donors (Lipinski definition) is 2. The molecule has 0 unspecified atom stereocenters. The molecular weight excluding hydrogens is 374 g/mol. The largest absolute Gasteiger partial charge is 0.322 e. The smallest absolute Gasteiger partial charge is 0.320 e. The van der Waals surface area contributed by atoms with Gasteiger partial charge in [-0.25, -0.2) is 13.2 Å². The number of benzene rings is 1. The molecule has 2 aliphatic rings. The SMILES string of the molecule is CC(C)[C@@H]1N(C(=O)Nc2ccc(NS(C)(=O)=O)c(Cl)c2)CC12CCCC2. The summed E-state index contributed by atoms with van der Waals surface area (Å²) in [5, 5.41) is 3.13. The van der Waals surface area contributed by atoms with E-state index < -0.39 is 10.0 Å². The first-order chi connectivity index (χ1) is 12.1. The molecule has 1 saturated carbocycles. The van der Waals surface area contributed by atoms with Gasteiger partial charge >= 0.3 is 6.03 Å². The number of carbonyl (C=O) groups is 1. The summed E-state index contributed by atoms with van der Waals surface area (Å²) in [7, 11) is -3.40. The Kier molecular flexibility index (Phi) is 5.14. The van der Waals surface area contributed by atoms with E-state index in [1.807, 2.05) is 4.90 Å². The van der Waals surface area contributed by atoms with E-state index in [2.05, 4.69) is 23.9 Å². The van der Waals surface area contributed by atoms with Crippen LogP contribution in [0.1, 0.15) is 39.5 Å². The minimum absolute atomic E-state index is 0.124. The number of halogens is 1. The maximum Gasteiger partial charge on any atom is 0.322 e. The van der Waals surface area contributed by atoms with Crippen LogP contribution in [0.5, 0.6) is 0 Å². The number of sulfonamides is 1. The van der Waals surface area contributed by atoms with Crippen LogP contribution in [0.3, 0.4) is 0 Å². The van der Waals surface area contributed by atoms with E-state index in [1.54, 1.807) is 18.2 Å². The van der Waals surface area contributed by atoms with Gasteiger partial charge in [-0.15, -0.1) is 0 Å². The lowest BCUT2D eigenvalue weighted by molar-refractivity contribution is -0.0578. The number of amides is 2. The van der Waals surface area contributed by atoms with Crippen LogP contribution in [0.15, 0.2) is 18.2 Å². The van der Waals surface area contributed by atoms with Crippen LogP contribution < -0.4 is 10.0 Å². The molecule has 1 aromatic carbocycles. The maximum absolute atomic E-state index is 12.7. The predicted octanol–water partition coefficient (Wildman–Crippen LogP) is 4.14. The lowest BCUT2D eigenvalue weighted by Crippen LogP contribution is -2.68. The molecule has 1 saturated heterocycles. The van der Waals surface area contributed by atoms with E-state index in [0.717, 1.165) is 12.8 Å². The summed E-state index contributed by atoms with van der Waals surface area (Å²) in [4.78, 5) is 14.7. The van der Waals surface area contributed by atoms with Gasteiger partial charge in [0.1, 0.15) is 0 Å². The second kappa shape index (κ2) is 6.93. The summed E-state index contributed by atoms with van der Waals surface area (Å²) >= 11 is 6.13. The van der Waals surface area contributed by atoms with E-state index in [4.69, 9.17) is 11.6 Å². The summed E-state index contributed by atoms with van der Waals surface area (Å²) in [5.41, 5.74) is 1.14. The number of nitrogens with zero attached hydrogens (tertiary/aromatic N) is 1. The summed E-state index contributed by atoms with van der Waals surface area (Å²) in [6.07, 6.45) is 5.98. The van der Waals surface area contributed by atoms with Gasteiger partial charge in [0, 0.05) is 23.7 Å². The monoisotopic (exact) mass is 399 g/mol. The quantitative estimate of drug-likeness (QED) is 0.798. The molecule has 0 radical (unpaired) electrons. The Morgan fingerprint density at radius 1 is 1.31 bits per heavy atom. The Hall–Kier alpha value is -1.47. The molecule has 1 aliphatic carbocycles. The molecule has 8 heteroatoms. The normalized spacial score (nSPS) is 21.7. The van der Waals surface area contributed by atoms with E-state index >= 15 is 0 Å². The van der Waals surface area contributed by atoms with Crippen molar-refractivity contribution in [3.63, 3.8) is 0 Å². The first-order valence-electron chi connectivity index (χ1n) is 8.96. The molecule has 0 bridgehead atoms. The van der Waals surface area contributed by atoms with E-state index in [1.165, 1.54) is 25.7 Å². The molecule has 6 nitrogen and oxygen atoms in total. The molecule has 1 spiro atoms. The Morgan fingerprint density at radius 3 is 2.50 bits per heavy atom. The van der Waals surface area contributed by atoms with Crippen LogP contribution in [0.25, 0.3) is 0 Å². The van der Waals surface area contributed by atoms with Gasteiger partial charge in [-0.3, -0.25) is 4.72 Å². The summed E-state index contributed by atoms with van der Waals surface area (Å²) in [6.45, 7) is 5.16.